The van der Waals surface area contributed by atoms with Crippen molar-refractivity contribution in [3.05, 3.63) is 29.3 Å². The molecule has 1 aromatic heterocycles. The molecule has 0 fully saturated rings. The fourth-order valence-electron chi connectivity index (χ4n) is 1.90. The van der Waals surface area contributed by atoms with Gasteiger partial charge in [0.05, 0.1) is 29.0 Å². The van der Waals surface area contributed by atoms with Gasteiger partial charge in [0.25, 0.3) is 0 Å². The van der Waals surface area contributed by atoms with Gasteiger partial charge in [-0.25, -0.2) is 4.98 Å². The van der Waals surface area contributed by atoms with Crippen LogP contribution in [0.25, 0.3) is 10.2 Å². The van der Waals surface area contributed by atoms with Gasteiger partial charge in [-0.3, -0.25) is 0 Å². The lowest BCUT2D eigenvalue weighted by atomic mass is 10.2. The lowest BCUT2D eigenvalue weighted by Gasteiger charge is -2.13. The molecule has 2 rings (SSSR count). The quantitative estimate of drug-likeness (QED) is 0.817. The van der Waals surface area contributed by atoms with Crippen LogP contribution in [-0.2, 0) is 4.74 Å². The van der Waals surface area contributed by atoms with Crippen LogP contribution >= 0.6 is 11.3 Å². The number of methoxy groups -OCH3 is 1. The second-order valence-electron chi connectivity index (χ2n) is 4.59. The highest BCUT2D eigenvalue weighted by molar-refractivity contribution is 7.18. The Bertz CT molecular complexity index is 482. The molecule has 2 N–H and O–H groups in total. The van der Waals surface area contributed by atoms with Crippen LogP contribution in [0.4, 0.5) is 0 Å². The van der Waals surface area contributed by atoms with Crippen LogP contribution in [0, 0.1) is 0 Å². The number of para-hydroxylation sites is 1. The molecule has 104 valence electrons. The molecule has 0 amide bonds. The first-order valence-corrected chi connectivity index (χ1v) is 7.28. The Labute approximate surface area is 117 Å². The van der Waals surface area contributed by atoms with Crippen LogP contribution < -0.4 is 5.32 Å². The zero-order chi connectivity index (χ0) is 13.7. The smallest absolute Gasteiger partial charge is 0.111 e. The van der Waals surface area contributed by atoms with Crippen molar-refractivity contribution in [2.45, 2.75) is 25.5 Å². The van der Waals surface area contributed by atoms with Gasteiger partial charge >= 0.3 is 0 Å². The normalized spacial score (nSPS) is 14.7. The predicted octanol–water partition coefficient (Wildman–Crippen LogP) is 2.34. The zero-order valence-electron chi connectivity index (χ0n) is 11.3. The molecule has 0 aliphatic carbocycles. The number of benzene rings is 1. The van der Waals surface area contributed by atoms with E-state index in [0.717, 1.165) is 17.1 Å². The van der Waals surface area contributed by atoms with Crippen LogP contribution in [0.5, 0.6) is 0 Å². The Morgan fingerprint density at radius 1 is 1.42 bits per heavy atom. The predicted molar refractivity (Wildman–Crippen MR) is 78.5 cm³/mol. The lowest BCUT2D eigenvalue weighted by molar-refractivity contribution is 0.0590. The number of aromatic nitrogens is 1. The molecule has 1 heterocycles. The molecule has 1 aromatic carbocycles. The molecule has 2 aromatic rings. The van der Waals surface area contributed by atoms with Crippen molar-refractivity contribution >= 4 is 21.6 Å². The van der Waals surface area contributed by atoms with Crippen molar-refractivity contribution in [2.24, 2.45) is 0 Å². The molecule has 0 aliphatic heterocycles. The second-order valence-corrected chi connectivity index (χ2v) is 5.66. The topological polar surface area (TPSA) is 54.4 Å². The molecular weight excluding hydrogens is 260 g/mol. The Hall–Kier alpha value is -1.01. The molecule has 5 heteroatoms. The Morgan fingerprint density at radius 2 is 2.21 bits per heavy atom. The maximum absolute atomic E-state index is 9.57. The van der Waals surface area contributed by atoms with Crippen molar-refractivity contribution in [2.75, 3.05) is 20.3 Å². The molecular formula is C14H20N2O2S. The van der Waals surface area contributed by atoms with E-state index in [1.54, 1.807) is 18.4 Å². The van der Waals surface area contributed by atoms with E-state index in [-0.39, 0.29) is 6.04 Å². The maximum atomic E-state index is 9.57. The summed E-state index contributed by atoms with van der Waals surface area (Å²) in [5.74, 6) is 0. The van der Waals surface area contributed by atoms with Crippen molar-refractivity contribution in [3.63, 3.8) is 0 Å². The minimum absolute atomic E-state index is 0.201. The third-order valence-corrected chi connectivity index (χ3v) is 4.19. The van der Waals surface area contributed by atoms with Gasteiger partial charge in [0.1, 0.15) is 5.01 Å². The first-order chi connectivity index (χ1) is 9.20. The number of rotatable bonds is 7. The Kier molecular flexibility index (Phi) is 5.27. The number of nitrogens with one attached hydrogen (secondary N) is 1. The molecule has 0 saturated carbocycles. The molecule has 19 heavy (non-hydrogen) atoms. The lowest BCUT2D eigenvalue weighted by Crippen LogP contribution is -2.25. The fourth-order valence-corrected chi connectivity index (χ4v) is 2.90. The molecule has 0 aliphatic rings. The standard InChI is InChI=1S/C14H20N2O2S/c1-10(15-8-7-11(17)9-18-2)14-16-12-5-3-4-6-13(12)19-14/h3-6,10-11,15,17H,7-9H2,1-2H3. The van der Waals surface area contributed by atoms with Gasteiger partial charge in [0.15, 0.2) is 0 Å². The largest absolute Gasteiger partial charge is 0.391 e. The van der Waals surface area contributed by atoms with Gasteiger partial charge in [-0.1, -0.05) is 12.1 Å². The van der Waals surface area contributed by atoms with E-state index in [1.807, 2.05) is 18.2 Å². The molecule has 2 atom stereocenters. The van der Waals surface area contributed by atoms with Gasteiger partial charge in [-0.15, -0.1) is 11.3 Å². The third kappa shape index (κ3) is 3.98. The number of ether oxygens (including phenoxy) is 1. The summed E-state index contributed by atoms with van der Waals surface area (Å²) in [7, 11) is 1.60. The van der Waals surface area contributed by atoms with Crippen LogP contribution in [0.2, 0.25) is 0 Å². The fraction of sp³-hybridized carbons (Fsp3) is 0.500. The molecule has 2 unspecified atom stereocenters. The van der Waals surface area contributed by atoms with Gasteiger partial charge in [-0.2, -0.15) is 0 Å². The number of hydrogen-bond donors (Lipinski definition) is 2. The number of aliphatic hydroxyl groups excluding tert-OH is 1. The molecule has 4 nitrogen and oxygen atoms in total. The average Bonchev–Trinajstić information content (AvgIpc) is 2.82. The van der Waals surface area contributed by atoms with Gasteiger partial charge < -0.3 is 15.2 Å². The van der Waals surface area contributed by atoms with Crippen LogP contribution in [-0.4, -0.2) is 36.5 Å². The number of hydrogen-bond acceptors (Lipinski definition) is 5. The van der Waals surface area contributed by atoms with Crippen LogP contribution in [0.3, 0.4) is 0 Å². The summed E-state index contributed by atoms with van der Waals surface area (Å²) in [5.41, 5.74) is 1.05. The van der Waals surface area contributed by atoms with E-state index in [4.69, 9.17) is 4.74 Å². The summed E-state index contributed by atoms with van der Waals surface area (Å²) in [5, 5.41) is 14.0. The monoisotopic (exact) mass is 280 g/mol. The molecule has 0 spiro atoms. The first-order valence-electron chi connectivity index (χ1n) is 6.46. The summed E-state index contributed by atoms with van der Waals surface area (Å²) in [6.07, 6.45) is 0.281. The van der Waals surface area contributed by atoms with Crippen molar-refractivity contribution < 1.29 is 9.84 Å². The van der Waals surface area contributed by atoms with E-state index in [1.165, 1.54) is 4.70 Å². The number of aliphatic hydroxyl groups is 1. The second kappa shape index (κ2) is 6.96. The van der Waals surface area contributed by atoms with Crippen molar-refractivity contribution in [1.82, 2.24) is 10.3 Å². The van der Waals surface area contributed by atoms with Crippen molar-refractivity contribution in [3.8, 4) is 0 Å². The Balaban J connectivity index is 1.87. The minimum atomic E-state index is -0.403. The summed E-state index contributed by atoms with van der Waals surface area (Å²) in [6, 6.07) is 8.36. The first kappa shape index (κ1) is 14.4. The van der Waals surface area contributed by atoms with E-state index in [9.17, 15) is 5.11 Å². The highest BCUT2D eigenvalue weighted by atomic mass is 32.1. The highest BCUT2D eigenvalue weighted by Gasteiger charge is 2.11. The van der Waals surface area contributed by atoms with Gasteiger partial charge in [0.2, 0.25) is 0 Å². The van der Waals surface area contributed by atoms with Gasteiger partial charge in [0, 0.05) is 7.11 Å². The summed E-state index contributed by atoms with van der Waals surface area (Å²) < 4.78 is 6.11. The molecule has 0 radical (unpaired) electrons. The highest BCUT2D eigenvalue weighted by Crippen LogP contribution is 2.25. The van der Waals surface area contributed by atoms with E-state index >= 15 is 0 Å². The SMILES string of the molecule is COCC(O)CCNC(C)c1nc2ccccc2s1. The minimum Gasteiger partial charge on any atom is -0.391 e. The van der Waals surface area contributed by atoms with Crippen LogP contribution in [0.15, 0.2) is 24.3 Å². The summed E-state index contributed by atoms with van der Waals surface area (Å²) in [6.45, 7) is 3.24. The number of fused-ring (bicyclic) bond motifs is 1. The van der Waals surface area contributed by atoms with E-state index in [2.05, 4.69) is 23.3 Å². The summed E-state index contributed by atoms with van der Waals surface area (Å²) in [4.78, 5) is 4.62. The van der Waals surface area contributed by atoms with E-state index < -0.39 is 6.10 Å². The Morgan fingerprint density at radius 3 is 2.95 bits per heavy atom. The zero-order valence-corrected chi connectivity index (χ0v) is 12.1. The molecule has 0 saturated heterocycles. The van der Waals surface area contributed by atoms with E-state index in [0.29, 0.717) is 13.0 Å². The van der Waals surface area contributed by atoms with Crippen molar-refractivity contribution in [1.29, 1.82) is 0 Å². The van der Waals surface area contributed by atoms with Crippen LogP contribution in [0.1, 0.15) is 24.4 Å². The number of nitrogens with zero attached hydrogens (tertiary/aromatic N) is 1. The maximum Gasteiger partial charge on any atom is 0.111 e. The molecule has 0 bridgehead atoms. The summed E-state index contributed by atoms with van der Waals surface area (Å²) >= 11 is 1.71. The average molecular weight is 280 g/mol. The van der Waals surface area contributed by atoms with Gasteiger partial charge in [-0.05, 0) is 32.0 Å². The third-order valence-electron chi connectivity index (χ3n) is 2.97. The number of thiazole rings is 1.